The molecule has 1 aliphatic rings. The number of fused-ring (bicyclic) bond motifs is 1. The van der Waals surface area contributed by atoms with E-state index in [4.69, 9.17) is 4.74 Å². The van der Waals surface area contributed by atoms with Gasteiger partial charge in [0.15, 0.2) is 0 Å². The molecule has 0 saturated heterocycles. The van der Waals surface area contributed by atoms with Crippen molar-refractivity contribution >= 4 is 0 Å². The average Bonchev–Trinajstić information content (AvgIpc) is 2.84. The summed E-state index contributed by atoms with van der Waals surface area (Å²) in [5, 5.41) is 14.2. The van der Waals surface area contributed by atoms with Gasteiger partial charge in [0.1, 0.15) is 11.4 Å². The predicted octanol–water partition coefficient (Wildman–Crippen LogP) is 1.92. The zero-order chi connectivity index (χ0) is 11.1. The largest absolute Gasteiger partial charge is 0.506 e. The molecule has 0 radical (unpaired) electrons. The van der Waals surface area contributed by atoms with E-state index in [0.717, 1.165) is 17.0 Å². The van der Waals surface area contributed by atoms with Crippen molar-refractivity contribution in [2.45, 2.75) is 20.1 Å². The number of aromatic nitrogens is 2. The Hall–Kier alpha value is -1.81. The number of aryl methyl sites for hydroxylation is 1. The van der Waals surface area contributed by atoms with E-state index in [-0.39, 0.29) is 5.75 Å². The maximum atomic E-state index is 9.80. The van der Waals surface area contributed by atoms with Crippen LogP contribution in [0.25, 0.3) is 5.69 Å². The van der Waals surface area contributed by atoms with Crippen LogP contribution in [0.5, 0.6) is 5.75 Å². The lowest BCUT2D eigenvalue weighted by Crippen LogP contribution is -2.01. The van der Waals surface area contributed by atoms with Gasteiger partial charge in [-0.3, -0.25) is 0 Å². The highest BCUT2D eigenvalue weighted by Gasteiger charge is 2.22. The molecular formula is C12H12N2O2. The van der Waals surface area contributed by atoms with Crippen molar-refractivity contribution in [1.82, 2.24) is 9.78 Å². The number of para-hydroxylation sites is 2. The van der Waals surface area contributed by atoms with Crippen molar-refractivity contribution in [3.63, 3.8) is 0 Å². The van der Waals surface area contributed by atoms with Gasteiger partial charge < -0.3 is 9.84 Å². The van der Waals surface area contributed by atoms with Gasteiger partial charge >= 0.3 is 0 Å². The van der Waals surface area contributed by atoms with Gasteiger partial charge in [0.25, 0.3) is 0 Å². The molecule has 0 unspecified atom stereocenters. The van der Waals surface area contributed by atoms with Crippen molar-refractivity contribution < 1.29 is 9.84 Å². The van der Waals surface area contributed by atoms with E-state index >= 15 is 0 Å². The van der Waals surface area contributed by atoms with Crippen LogP contribution in [-0.2, 0) is 18.0 Å². The van der Waals surface area contributed by atoms with Gasteiger partial charge in [-0.15, -0.1) is 0 Å². The molecule has 4 heteroatoms. The van der Waals surface area contributed by atoms with Gasteiger partial charge in [0.05, 0.1) is 24.6 Å². The summed E-state index contributed by atoms with van der Waals surface area (Å²) < 4.78 is 7.17. The molecule has 4 nitrogen and oxygen atoms in total. The molecule has 0 amide bonds. The van der Waals surface area contributed by atoms with E-state index in [1.165, 1.54) is 0 Å². The Morgan fingerprint density at radius 1 is 1.31 bits per heavy atom. The minimum atomic E-state index is 0.236. The molecule has 3 rings (SSSR count). The van der Waals surface area contributed by atoms with E-state index in [1.54, 1.807) is 16.8 Å². The summed E-state index contributed by atoms with van der Waals surface area (Å²) in [6, 6.07) is 7.19. The Labute approximate surface area is 93.1 Å². The Kier molecular flexibility index (Phi) is 1.97. The first kappa shape index (κ1) is 9.42. The lowest BCUT2D eigenvalue weighted by molar-refractivity contribution is 0.130. The van der Waals surface area contributed by atoms with Gasteiger partial charge in [-0.2, -0.15) is 5.10 Å². The van der Waals surface area contributed by atoms with Crippen LogP contribution in [0.2, 0.25) is 0 Å². The van der Waals surface area contributed by atoms with Gasteiger partial charge in [-0.1, -0.05) is 12.1 Å². The Morgan fingerprint density at radius 3 is 2.94 bits per heavy atom. The number of phenolic OH excluding ortho intramolecular Hbond substituents is 1. The van der Waals surface area contributed by atoms with Gasteiger partial charge in [0, 0.05) is 5.56 Å². The number of rotatable bonds is 1. The molecule has 1 N–H and O–H groups in total. The van der Waals surface area contributed by atoms with Crippen LogP contribution in [0.1, 0.15) is 17.0 Å². The highest BCUT2D eigenvalue weighted by molar-refractivity contribution is 5.47. The molecule has 1 aromatic heterocycles. The zero-order valence-corrected chi connectivity index (χ0v) is 8.97. The average molecular weight is 216 g/mol. The molecule has 2 heterocycles. The molecule has 0 fully saturated rings. The van der Waals surface area contributed by atoms with E-state index in [0.29, 0.717) is 18.9 Å². The monoisotopic (exact) mass is 216 g/mol. The third-order valence-corrected chi connectivity index (χ3v) is 2.89. The van der Waals surface area contributed by atoms with Crippen molar-refractivity contribution in [2.24, 2.45) is 0 Å². The van der Waals surface area contributed by atoms with Crippen LogP contribution >= 0.6 is 0 Å². The lowest BCUT2D eigenvalue weighted by Gasteiger charge is -2.06. The number of hydrogen-bond donors (Lipinski definition) is 1. The minimum absolute atomic E-state index is 0.236. The number of aromatic hydroxyl groups is 1. The lowest BCUT2D eigenvalue weighted by atomic mass is 10.2. The highest BCUT2D eigenvalue weighted by atomic mass is 16.5. The summed E-state index contributed by atoms with van der Waals surface area (Å²) >= 11 is 0. The first-order chi connectivity index (χ1) is 7.77. The number of ether oxygens (including phenoxy) is 1. The number of benzene rings is 1. The minimum Gasteiger partial charge on any atom is -0.506 e. The molecular weight excluding hydrogens is 204 g/mol. The van der Waals surface area contributed by atoms with E-state index in [2.05, 4.69) is 5.10 Å². The molecule has 0 spiro atoms. The van der Waals surface area contributed by atoms with Crippen LogP contribution in [0.3, 0.4) is 0 Å². The summed E-state index contributed by atoms with van der Waals surface area (Å²) in [5.74, 6) is 0.236. The molecule has 16 heavy (non-hydrogen) atoms. The Balaban J connectivity index is 2.21. The summed E-state index contributed by atoms with van der Waals surface area (Å²) in [7, 11) is 0. The molecule has 0 aliphatic carbocycles. The Bertz CT molecular complexity index is 546. The maximum absolute atomic E-state index is 9.80. The smallest absolute Gasteiger partial charge is 0.141 e. The van der Waals surface area contributed by atoms with Crippen LogP contribution in [0.4, 0.5) is 0 Å². The standard InChI is InChI=1S/C12H12N2O2/c1-8-9-6-16-7-11(9)14(13-8)10-4-2-3-5-12(10)15/h2-5,15H,6-7H2,1H3. The van der Waals surface area contributed by atoms with Crippen molar-refractivity contribution in [3.8, 4) is 11.4 Å². The summed E-state index contributed by atoms with van der Waals surface area (Å²) in [4.78, 5) is 0. The highest BCUT2D eigenvalue weighted by Crippen LogP contribution is 2.28. The predicted molar refractivity (Wildman–Crippen MR) is 58.5 cm³/mol. The Morgan fingerprint density at radius 2 is 2.12 bits per heavy atom. The van der Waals surface area contributed by atoms with Gasteiger partial charge in [-0.05, 0) is 19.1 Å². The van der Waals surface area contributed by atoms with Crippen molar-refractivity contribution in [1.29, 1.82) is 0 Å². The van der Waals surface area contributed by atoms with E-state index in [1.807, 2.05) is 19.1 Å². The molecule has 1 aliphatic heterocycles. The molecule has 0 saturated carbocycles. The summed E-state index contributed by atoms with van der Waals surface area (Å²) in [6.07, 6.45) is 0. The zero-order valence-electron chi connectivity index (χ0n) is 8.97. The first-order valence-corrected chi connectivity index (χ1v) is 5.21. The van der Waals surface area contributed by atoms with Crippen LogP contribution < -0.4 is 0 Å². The SMILES string of the molecule is Cc1nn(-c2ccccc2O)c2c1COC2. The molecule has 0 atom stereocenters. The van der Waals surface area contributed by atoms with Crippen molar-refractivity contribution in [2.75, 3.05) is 0 Å². The van der Waals surface area contributed by atoms with Crippen molar-refractivity contribution in [3.05, 3.63) is 41.2 Å². The second-order valence-corrected chi connectivity index (χ2v) is 3.90. The maximum Gasteiger partial charge on any atom is 0.141 e. The van der Waals surface area contributed by atoms with Crippen LogP contribution in [0.15, 0.2) is 24.3 Å². The fraction of sp³-hybridized carbons (Fsp3) is 0.250. The molecule has 2 aromatic rings. The molecule has 1 aromatic carbocycles. The topological polar surface area (TPSA) is 47.3 Å². The third kappa shape index (κ3) is 1.23. The van der Waals surface area contributed by atoms with Gasteiger partial charge in [0.2, 0.25) is 0 Å². The summed E-state index contributed by atoms with van der Waals surface area (Å²) in [5.41, 5.74) is 3.86. The quantitative estimate of drug-likeness (QED) is 0.792. The van der Waals surface area contributed by atoms with Gasteiger partial charge in [-0.25, -0.2) is 4.68 Å². The number of nitrogens with zero attached hydrogens (tertiary/aromatic N) is 2. The number of hydrogen-bond acceptors (Lipinski definition) is 3. The fourth-order valence-electron chi connectivity index (χ4n) is 2.04. The second kappa shape index (κ2) is 3.35. The third-order valence-electron chi connectivity index (χ3n) is 2.89. The van der Waals surface area contributed by atoms with Crippen LogP contribution in [-0.4, -0.2) is 14.9 Å². The first-order valence-electron chi connectivity index (χ1n) is 5.21. The number of phenols is 1. The normalized spacial score (nSPS) is 14.1. The van der Waals surface area contributed by atoms with Crippen LogP contribution in [0, 0.1) is 6.92 Å². The molecule has 82 valence electrons. The second-order valence-electron chi connectivity index (χ2n) is 3.90. The van der Waals surface area contributed by atoms with E-state index in [9.17, 15) is 5.11 Å². The molecule has 0 bridgehead atoms. The summed E-state index contributed by atoms with van der Waals surface area (Å²) in [6.45, 7) is 3.14. The van der Waals surface area contributed by atoms with E-state index < -0.39 is 0 Å². The fourth-order valence-corrected chi connectivity index (χ4v) is 2.04.